The molecule has 1 fully saturated rings. The molecule has 3 heterocycles. The Bertz CT molecular complexity index is 855. The van der Waals surface area contributed by atoms with Crippen molar-refractivity contribution >= 4 is 11.6 Å². The molecule has 0 aliphatic carbocycles. The Kier molecular flexibility index (Phi) is 5.35. The summed E-state index contributed by atoms with van der Waals surface area (Å²) in [6.45, 7) is 4.81. The lowest BCUT2D eigenvalue weighted by atomic mass is 10.1. The second kappa shape index (κ2) is 7.77. The van der Waals surface area contributed by atoms with Crippen LogP contribution in [-0.4, -0.2) is 47.8 Å². The van der Waals surface area contributed by atoms with Crippen LogP contribution in [-0.2, 0) is 19.3 Å². The van der Waals surface area contributed by atoms with Crippen LogP contribution in [0.25, 0.3) is 0 Å². The van der Waals surface area contributed by atoms with Gasteiger partial charge in [-0.05, 0) is 23.8 Å². The van der Waals surface area contributed by atoms with Gasteiger partial charge < -0.3 is 9.47 Å². The molecule has 0 spiro atoms. The van der Waals surface area contributed by atoms with Crippen LogP contribution < -0.4 is 9.47 Å². The molecule has 0 atom stereocenters. The van der Waals surface area contributed by atoms with Crippen LogP contribution >= 0.6 is 11.6 Å². The maximum Gasteiger partial charge on any atom is 0.417 e. The van der Waals surface area contributed by atoms with E-state index in [1.807, 2.05) is 18.2 Å². The van der Waals surface area contributed by atoms with Crippen molar-refractivity contribution in [2.75, 3.05) is 33.0 Å². The maximum atomic E-state index is 12.7. The fourth-order valence-electron chi connectivity index (χ4n) is 3.35. The van der Waals surface area contributed by atoms with Gasteiger partial charge in [0.1, 0.15) is 0 Å². The van der Waals surface area contributed by atoms with E-state index in [-0.39, 0.29) is 11.8 Å². The van der Waals surface area contributed by atoms with E-state index in [2.05, 4.69) is 14.8 Å². The van der Waals surface area contributed by atoms with Crippen LogP contribution in [0.3, 0.4) is 0 Å². The smallest absolute Gasteiger partial charge is 0.417 e. The standard InChI is InChI=1S/C19H19ClF3N3O2/c20-15-8-14(19(21,22)23)9-24-16(15)11-26-5-3-25(4-6-26)10-13-1-2-17-18(7-13)28-12-27-17/h1-2,7-9H,3-6,10-12H2. The third-order valence-corrected chi connectivity index (χ3v) is 5.25. The second-order valence-corrected chi connectivity index (χ2v) is 7.30. The van der Waals surface area contributed by atoms with E-state index in [0.29, 0.717) is 12.2 Å². The van der Waals surface area contributed by atoms with Crippen molar-refractivity contribution in [1.82, 2.24) is 14.8 Å². The monoisotopic (exact) mass is 413 g/mol. The molecule has 1 aromatic carbocycles. The number of hydrogen-bond donors (Lipinski definition) is 0. The molecule has 2 aromatic rings. The molecule has 5 nitrogen and oxygen atoms in total. The molecule has 0 N–H and O–H groups in total. The zero-order chi connectivity index (χ0) is 19.7. The van der Waals surface area contributed by atoms with E-state index in [1.165, 1.54) is 0 Å². The number of benzene rings is 1. The van der Waals surface area contributed by atoms with Crippen molar-refractivity contribution in [2.24, 2.45) is 0 Å². The number of nitrogens with zero attached hydrogens (tertiary/aromatic N) is 3. The molecule has 0 bridgehead atoms. The molecule has 9 heteroatoms. The average Bonchev–Trinajstić information content (AvgIpc) is 3.12. The van der Waals surface area contributed by atoms with Crippen LogP contribution in [0.1, 0.15) is 16.8 Å². The van der Waals surface area contributed by atoms with Crippen molar-refractivity contribution in [2.45, 2.75) is 19.3 Å². The van der Waals surface area contributed by atoms with Crippen LogP contribution in [0, 0.1) is 0 Å². The highest BCUT2D eigenvalue weighted by atomic mass is 35.5. The van der Waals surface area contributed by atoms with Gasteiger partial charge in [0, 0.05) is 45.5 Å². The molecule has 28 heavy (non-hydrogen) atoms. The number of pyridine rings is 1. The third-order valence-electron chi connectivity index (χ3n) is 4.93. The first-order chi connectivity index (χ1) is 13.4. The van der Waals surface area contributed by atoms with Crippen molar-refractivity contribution in [3.8, 4) is 11.5 Å². The lowest BCUT2D eigenvalue weighted by molar-refractivity contribution is -0.137. The zero-order valence-electron chi connectivity index (χ0n) is 15.0. The fraction of sp³-hybridized carbons (Fsp3) is 0.421. The first kappa shape index (κ1) is 19.3. The Balaban J connectivity index is 1.31. The molecule has 2 aliphatic heterocycles. The van der Waals surface area contributed by atoms with Gasteiger partial charge in [0.15, 0.2) is 11.5 Å². The maximum absolute atomic E-state index is 12.7. The van der Waals surface area contributed by atoms with Gasteiger partial charge in [0.2, 0.25) is 6.79 Å². The number of aromatic nitrogens is 1. The van der Waals surface area contributed by atoms with Crippen LogP contribution in [0.4, 0.5) is 13.2 Å². The summed E-state index contributed by atoms with van der Waals surface area (Å²) in [5.74, 6) is 1.55. The summed E-state index contributed by atoms with van der Waals surface area (Å²) in [5.41, 5.74) is 0.804. The van der Waals surface area contributed by atoms with Gasteiger partial charge in [0.05, 0.1) is 16.3 Å². The van der Waals surface area contributed by atoms with E-state index >= 15 is 0 Å². The summed E-state index contributed by atoms with van der Waals surface area (Å²) >= 11 is 6.02. The van der Waals surface area contributed by atoms with E-state index in [1.54, 1.807) is 0 Å². The highest BCUT2D eigenvalue weighted by molar-refractivity contribution is 6.31. The molecule has 4 rings (SSSR count). The van der Waals surface area contributed by atoms with Gasteiger partial charge in [-0.2, -0.15) is 13.2 Å². The molecular weight excluding hydrogens is 395 g/mol. The van der Waals surface area contributed by atoms with E-state index in [9.17, 15) is 13.2 Å². The number of halogens is 4. The Hall–Kier alpha value is -2.03. The Morgan fingerprint density at radius 1 is 0.964 bits per heavy atom. The molecule has 2 aliphatic rings. The molecule has 150 valence electrons. The molecule has 0 unspecified atom stereocenters. The SMILES string of the molecule is FC(F)(F)c1cnc(CN2CCN(Cc3ccc4c(c3)OCO4)CC2)c(Cl)c1. The summed E-state index contributed by atoms with van der Waals surface area (Å²) in [6, 6.07) is 6.90. The second-order valence-electron chi connectivity index (χ2n) is 6.89. The third kappa shape index (κ3) is 4.34. The minimum Gasteiger partial charge on any atom is -0.454 e. The number of piperazine rings is 1. The number of ether oxygens (including phenoxy) is 2. The van der Waals surface area contributed by atoms with Crippen LogP contribution in [0.2, 0.25) is 5.02 Å². The minimum atomic E-state index is -4.44. The summed E-state index contributed by atoms with van der Waals surface area (Å²) in [7, 11) is 0. The van der Waals surface area contributed by atoms with Crippen molar-refractivity contribution < 1.29 is 22.6 Å². The zero-order valence-corrected chi connectivity index (χ0v) is 15.8. The quantitative estimate of drug-likeness (QED) is 0.762. The highest BCUT2D eigenvalue weighted by Gasteiger charge is 2.31. The van der Waals surface area contributed by atoms with Gasteiger partial charge in [-0.25, -0.2) is 0 Å². The summed E-state index contributed by atoms with van der Waals surface area (Å²) in [6.07, 6.45) is -3.59. The van der Waals surface area contributed by atoms with Crippen LogP contribution in [0.5, 0.6) is 11.5 Å². The lowest BCUT2D eigenvalue weighted by Gasteiger charge is -2.34. The number of fused-ring (bicyclic) bond motifs is 1. The predicted octanol–water partition coefficient (Wildman–Crippen LogP) is 3.80. The normalized spacial score (nSPS) is 17.9. The topological polar surface area (TPSA) is 37.8 Å². The first-order valence-corrected chi connectivity index (χ1v) is 9.31. The van der Waals surface area contributed by atoms with Crippen molar-refractivity contribution in [3.05, 3.63) is 52.3 Å². The average molecular weight is 414 g/mol. The van der Waals surface area contributed by atoms with Gasteiger partial charge in [-0.1, -0.05) is 17.7 Å². The fourth-order valence-corrected chi connectivity index (χ4v) is 3.58. The predicted molar refractivity (Wildman–Crippen MR) is 97.4 cm³/mol. The minimum absolute atomic E-state index is 0.0533. The first-order valence-electron chi connectivity index (χ1n) is 8.93. The van der Waals surface area contributed by atoms with Gasteiger partial charge in [-0.15, -0.1) is 0 Å². The largest absolute Gasteiger partial charge is 0.454 e. The Labute approximate surface area is 165 Å². The number of rotatable bonds is 4. The number of alkyl halides is 3. The molecule has 1 aromatic heterocycles. The van der Waals surface area contributed by atoms with E-state index in [0.717, 1.165) is 62.0 Å². The van der Waals surface area contributed by atoms with E-state index < -0.39 is 11.7 Å². The Morgan fingerprint density at radius 3 is 2.32 bits per heavy atom. The van der Waals surface area contributed by atoms with Crippen molar-refractivity contribution in [3.63, 3.8) is 0 Å². The lowest BCUT2D eigenvalue weighted by Crippen LogP contribution is -2.45. The van der Waals surface area contributed by atoms with Gasteiger partial charge in [-0.3, -0.25) is 14.8 Å². The Morgan fingerprint density at radius 2 is 1.64 bits per heavy atom. The number of hydrogen-bond acceptors (Lipinski definition) is 5. The summed E-state index contributed by atoms with van der Waals surface area (Å²) in [5, 5.41) is 0.0533. The van der Waals surface area contributed by atoms with Gasteiger partial charge >= 0.3 is 6.18 Å². The van der Waals surface area contributed by atoms with Crippen LogP contribution in [0.15, 0.2) is 30.5 Å². The highest BCUT2D eigenvalue weighted by Crippen LogP contribution is 2.33. The summed E-state index contributed by atoms with van der Waals surface area (Å²) < 4.78 is 48.9. The summed E-state index contributed by atoms with van der Waals surface area (Å²) in [4.78, 5) is 8.41. The molecule has 1 saturated heterocycles. The van der Waals surface area contributed by atoms with E-state index in [4.69, 9.17) is 21.1 Å². The molecule has 0 amide bonds. The van der Waals surface area contributed by atoms with Gasteiger partial charge in [0.25, 0.3) is 0 Å². The van der Waals surface area contributed by atoms with Crippen molar-refractivity contribution in [1.29, 1.82) is 0 Å². The molecular formula is C19H19ClF3N3O2. The molecule has 0 radical (unpaired) electrons. The molecule has 0 saturated carbocycles.